The van der Waals surface area contributed by atoms with Gasteiger partial charge < -0.3 is 20.1 Å². The Labute approximate surface area is 397 Å². The molecule has 0 fully saturated rings. The minimum Gasteiger partial charge on any atom is -0.462 e. The van der Waals surface area contributed by atoms with E-state index in [1.807, 2.05) is 0 Å². The highest BCUT2D eigenvalue weighted by molar-refractivity contribution is 7.47. The summed E-state index contributed by atoms with van der Waals surface area (Å²) in [6.45, 7) is 3.79. The lowest BCUT2D eigenvalue weighted by molar-refractivity contribution is -0.161. The van der Waals surface area contributed by atoms with E-state index < -0.39 is 26.5 Å². The van der Waals surface area contributed by atoms with Gasteiger partial charge in [-0.2, -0.15) is 0 Å². The molecule has 0 bridgehead atoms. The molecule has 2 unspecified atom stereocenters. The highest BCUT2D eigenvalue weighted by atomic mass is 31.2. The van der Waals surface area contributed by atoms with Gasteiger partial charge in [-0.1, -0.05) is 277 Å². The second-order valence-electron chi connectivity index (χ2n) is 19.2. The lowest BCUT2D eigenvalue weighted by atomic mass is 10.0. The second kappa shape index (κ2) is 51.4. The number of hydrogen-bond donors (Lipinski definition) is 2. The van der Waals surface area contributed by atoms with E-state index in [1.165, 1.54) is 238 Å². The van der Waals surface area contributed by atoms with Crippen molar-refractivity contribution in [2.45, 2.75) is 309 Å². The molecular weight excluding hydrogens is 822 g/mol. The molecule has 0 aromatic heterocycles. The van der Waals surface area contributed by atoms with E-state index >= 15 is 0 Å². The quantitative estimate of drug-likeness (QED) is 0.0347. The Kier molecular flexibility index (Phi) is 50.6. The molecule has 3 N–H and O–H groups in total. The number of hydrogen-bond acceptors (Lipinski definition) is 8. The fourth-order valence-electron chi connectivity index (χ4n) is 8.58. The number of nitrogens with two attached hydrogens (primary N) is 1. The minimum absolute atomic E-state index is 0.0583. The van der Waals surface area contributed by atoms with Gasteiger partial charge in [0.15, 0.2) is 6.10 Å². The van der Waals surface area contributed by atoms with Crippen molar-refractivity contribution in [3.05, 3.63) is 0 Å². The van der Waals surface area contributed by atoms with Crippen molar-refractivity contribution in [3.63, 3.8) is 0 Å². The molecule has 0 heterocycles. The normalized spacial score (nSPS) is 13.0. The molecule has 10 heteroatoms. The van der Waals surface area contributed by atoms with Gasteiger partial charge in [-0.15, -0.1) is 0 Å². The van der Waals surface area contributed by atoms with Gasteiger partial charge in [-0.3, -0.25) is 18.6 Å². The molecule has 0 saturated heterocycles. The van der Waals surface area contributed by atoms with E-state index in [0.717, 1.165) is 32.1 Å². The summed E-state index contributed by atoms with van der Waals surface area (Å²) < 4.78 is 32.9. The Balaban J connectivity index is 3.80. The predicted octanol–water partition coefficient (Wildman–Crippen LogP) is 17.1. The number of phosphoric ester groups is 1. The zero-order valence-electron chi connectivity index (χ0n) is 42.6. The van der Waals surface area contributed by atoms with Crippen LogP contribution in [-0.2, 0) is 32.7 Å². The number of rotatable bonds is 54. The Morgan fingerprint density at radius 1 is 0.406 bits per heavy atom. The van der Waals surface area contributed by atoms with E-state index in [1.54, 1.807) is 0 Å². The van der Waals surface area contributed by atoms with Crippen molar-refractivity contribution in [2.75, 3.05) is 26.4 Å². The van der Waals surface area contributed by atoms with Crippen molar-refractivity contribution in [3.8, 4) is 0 Å². The highest BCUT2D eigenvalue weighted by Crippen LogP contribution is 2.43. The van der Waals surface area contributed by atoms with Gasteiger partial charge in [0.1, 0.15) is 6.61 Å². The first-order valence-corrected chi connectivity index (χ1v) is 29.5. The maximum atomic E-state index is 12.7. The van der Waals surface area contributed by atoms with E-state index in [-0.39, 0.29) is 38.6 Å². The van der Waals surface area contributed by atoms with Gasteiger partial charge in [-0.05, 0) is 12.8 Å². The summed E-state index contributed by atoms with van der Waals surface area (Å²) in [6, 6.07) is 0. The average molecular weight is 930 g/mol. The van der Waals surface area contributed by atoms with Crippen LogP contribution in [0.5, 0.6) is 0 Å². The van der Waals surface area contributed by atoms with Gasteiger partial charge in [0, 0.05) is 19.4 Å². The molecule has 2 atom stereocenters. The summed E-state index contributed by atoms with van der Waals surface area (Å²) in [7, 11) is -4.37. The molecule has 0 saturated carbocycles. The number of esters is 2. The smallest absolute Gasteiger partial charge is 0.462 e. The van der Waals surface area contributed by atoms with Gasteiger partial charge in [0.05, 0.1) is 13.2 Å². The Morgan fingerprint density at radius 2 is 0.672 bits per heavy atom. The van der Waals surface area contributed by atoms with Crippen molar-refractivity contribution in [1.82, 2.24) is 0 Å². The van der Waals surface area contributed by atoms with Crippen molar-refractivity contribution in [1.29, 1.82) is 0 Å². The average Bonchev–Trinajstić information content (AvgIpc) is 3.28. The lowest BCUT2D eigenvalue weighted by Gasteiger charge is -2.19. The number of carbonyl (C=O) groups is 2. The molecule has 0 aromatic carbocycles. The molecule has 0 aromatic rings. The lowest BCUT2D eigenvalue weighted by Crippen LogP contribution is -2.29. The summed E-state index contributed by atoms with van der Waals surface area (Å²) in [5.74, 6) is -0.808. The van der Waals surface area contributed by atoms with Crippen LogP contribution in [0.4, 0.5) is 0 Å². The van der Waals surface area contributed by atoms with Crippen LogP contribution in [0.25, 0.3) is 0 Å². The number of phosphoric acid groups is 1. The van der Waals surface area contributed by atoms with E-state index in [4.69, 9.17) is 24.3 Å². The van der Waals surface area contributed by atoms with E-state index in [2.05, 4.69) is 13.8 Å². The molecule has 0 amide bonds. The summed E-state index contributed by atoms with van der Waals surface area (Å²) in [5, 5.41) is 0. The van der Waals surface area contributed by atoms with E-state index in [0.29, 0.717) is 6.42 Å². The van der Waals surface area contributed by atoms with Gasteiger partial charge in [0.25, 0.3) is 0 Å². The molecule has 9 nitrogen and oxygen atoms in total. The summed E-state index contributed by atoms with van der Waals surface area (Å²) in [6.07, 6.45) is 56.1. The van der Waals surface area contributed by atoms with Crippen molar-refractivity contribution >= 4 is 19.8 Å². The molecule has 0 aliphatic carbocycles. The zero-order valence-corrected chi connectivity index (χ0v) is 43.4. The van der Waals surface area contributed by atoms with Gasteiger partial charge in [-0.25, -0.2) is 4.57 Å². The van der Waals surface area contributed by atoms with Gasteiger partial charge >= 0.3 is 19.8 Å². The first-order valence-electron chi connectivity index (χ1n) is 28.0. The summed E-state index contributed by atoms with van der Waals surface area (Å²) in [5.41, 5.74) is 5.37. The molecule has 382 valence electrons. The standard InChI is InChI=1S/C54H108NO8P/c1-3-5-7-9-11-13-15-17-18-19-20-21-22-23-24-25-26-27-28-29-30-31-32-33-34-35-37-39-41-43-45-47-54(57)63-52(51-62-64(58,59)61-49-48-55)50-60-53(56)46-44-42-40-38-36-16-14-12-10-8-6-4-2/h52H,3-51,55H2,1-2H3,(H,58,59). The monoisotopic (exact) mass is 930 g/mol. The Hall–Kier alpha value is -0.990. The summed E-state index contributed by atoms with van der Waals surface area (Å²) in [4.78, 5) is 35.0. The molecule has 0 aliphatic heterocycles. The van der Waals surface area contributed by atoms with Crippen LogP contribution in [-0.4, -0.2) is 49.3 Å². The Morgan fingerprint density at radius 3 is 0.953 bits per heavy atom. The predicted molar refractivity (Wildman–Crippen MR) is 271 cm³/mol. The van der Waals surface area contributed by atoms with Crippen LogP contribution in [0, 0.1) is 0 Å². The van der Waals surface area contributed by atoms with Crippen LogP contribution in [0.3, 0.4) is 0 Å². The largest absolute Gasteiger partial charge is 0.472 e. The van der Waals surface area contributed by atoms with Crippen LogP contribution >= 0.6 is 7.82 Å². The molecule has 0 rings (SSSR count). The van der Waals surface area contributed by atoms with Crippen LogP contribution < -0.4 is 5.73 Å². The first kappa shape index (κ1) is 63.0. The number of carbonyl (C=O) groups excluding carboxylic acids is 2. The third kappa shape index (κ3) is 50.4. The molecule has 0 radical (unpaired) electrons. The van der Waals surface area contributed by atoms with Crippen LogP contribution in [0.2, 0.25) is 0 Å². The van der Waals surface area contributed by atoms with Crippen molar-refractivity contribution in [2.24, 2.45) is 5.73 Å². The third-order valence-electron chi connectivity index (χ3n) is 12.7. The molecule has 0 spiro atoms. The molecular formula is C54H108NO8P. The maximum Gasteiger partial charge on any atom is 0.472 e. The second-order valence-corrected chi connectivity index (χ2v) is 20.6. The summed E-state index contributed by atoms with van der Waals surface area (Å²) >= 11 is 0. The molecule has 64 heavy (non-hydrogen) atoms. The highest BCUT2D eigenvalue weighted by Gasteiger charge is 2.26. The fourth-order valence-corrected chi connectivity index (χ4v) is 9.35. The fraction of sp³-hybridized carbons (Fsp3) is 0.963. The van der Waals surface area contributed by atoms with Crippen molar-refractivity contribution < 1.29 is 37.6 Å². The minimum atomic E-state index is -4.37. The zero-order chi connectivity index (χ0) is 46.7. The van der Waals surface area contributed by atoms with Crippen LogP contribution in [0.15, 0.2) is 0 Å². The number of unbranched alkanes of at least 4 members (excludes halogenated alkanes) is 41. The molecule has 0 aliphatic rings. The third-order valence-corrected chi connectivity index (χ3v) is 13.7. The number of ether oxygens (including phenoxy) is 2. The SMILES string of the molecule is CCCCCCCCCCCCCCCCCCCCCCCCCCCCCCCCCC(=O)OC(COC(=O)CCCCCCCCCCCCCC)COP(=O)(O)OCCN. The first-order chi connectivity index (χ1) is 31.3. The van der Waals surface area contributed by atoms with Crippen LogP contribution in [0.1, 0.15) is 303 Å². The van der Waals surface area contributed by atoms with Gasteiger partial charge in [0.2, 0.25) is 0 Å². The Bertz CT molecular complexity index is 1020. The maximum absolute atomic E-state index is 12.7. The topological polar surface area (TPSA) is 134 Å². The van der Waals surface area contributed by atoms with E-state index in [9.17, 15) is 19.0 Å².